The zero-order valence-corrected chi connectivity index (χ0v) is 13.5. The minimum absolute atomic E-state index is 0.0268. The van der Waals surface area contributed by atoms with Gasteiger partial charge in [-0.25, -0.2) is 9.48 Å². The number of nitrogens with zero attached hydrogens (tertiary/aromatic N) is 4. The SMILES string of the molecule is O=C(NCc1cn(-c2ccsc2)nn1)OC1CN2CCC1CC2. The summed E-state index contributed by atoms with van der Waals surface area (Å²) in [6.45, 7) is 3.46. The van der Waals surface area contributed by atoms with Gasteiger partial charge in [0, 0.05) is 11.9 Å². The lowest BCUT2D eigenvalue weighted by Gasteiger charge is -2.43. The molecule has 0 radical (unpaired) electrons. The van der Waals surface area contributed by atoms with Crippen LogP contribution in [-0.4, -0.2) is 51.7 Å². The first kappa shape index (κ1) is 14.6. The monoisotopic (exact) mass is 333 g/mol. The number of hydrogen-bond acceptors (Lipinski definition) is 6. The van der Waals surface area contributed by atoms with Gasteiger partial charge in [0.1, 0.15) is 11.8 Å². The largest absolute Gasteiger partial charge is 0.445 e. The molecule has 1 N–H and O–H groups in total. The molecule has 5 heterocycles. The van der Waals surface area contributed by atoms with Crippen molar-refractivity contribution >= 4 is 17.4 Å². The fourth-order valence-corrected chi connectivity index (χ4v) is 3.90. The van der Waals surface area contributed by atoms with Gasteiger partial charge in [-0.15, -0.1) is 5.10 Å². The first-order chi connectivity index (χ1) is 11.3. The lowest BCUT2D eigenvalue weighted by atomic mass is 9.86. The number of aromatic nitrogens is 3. The summed E-state index contributed by atoms with van der Waals surface area (Å²) in [6.07, 6.45) is 3.74. The third kappa shape index (κ3) is 3.23. The fourth-order valence-electron chi connectivity index (χ4n) is 3.28. The van der Waals surface area contributed by atoms with Crippen LogP contribution in [0, 0.1) is 5.92 Å². The Morgan fingerprint density at radius 1 is 1.43 bits per heavy atom. The van der Waals surface area contributed by atoms with Crippen molar-refractivity contribution in [1.29, 1.82) is 0 Å². The molecule has 3 aliphatic rings. The molecule has 3 fully saturated rings. The van der Waals surface area contributed by atoms with Crippen molar-refractivity contribution in [1.82, 2.24) is 25.2 Å². The predicted molar refractivity (Wildman–Crippen MR) is 85.5 cm³/mol. The van der Waals surface area contributed by atoms with E-state index in [1.54, 1.807) is 16.0 Å². The number of hydrogen-bond donors (Lipinski definition) is 1. The molecular formula is C15H19N5O2S. The Labute approximate surface area is 138 Å². The molecule has 3 aliphatic heterocycles. The molecule has 0 saturated carbocycles. The molecule has 2 aromatic rings. The van der Waals surface area contributed by atoms with Crippen molar-refractivity contribution in [2.45, 2.75) is 25.5 Å². The predicted octanol–water partition coefficient (Wildman–Crippen LogP) is 1.65. The number of amides is 1. The van der Waals surface area contributed by atoms with Crippen LogP contribution in [0.3, 0.4) is 0 Å². The number of ether oxygens (including phenoxy) is 1. The first-order valence-electron chi connectivity index (χ1n) is 7.88. The molecule has 3 saturated heterocycles. The average Bonchev–Trinajstić information content (AvgIpc) is 3.25. The van der Waals surface area contributed by atoms with Gasteiger partial charge >= 0.3 is 6.09 Å². The lowest BCUT2D eigenvalue weighted by Crippen LogP contribution is -2.52. The summed E-state index contributed by atoms with van der Waals surface area (Å²) in [7, 11) is 0. The quantitative estimate of drug-likeness (QED) is 0.921. The summed E-state index contributed by atoms with van der Waals surface area (Å²) in [4.78, 5) is 14.4. The number of nitrogens with one attached hydrogen (secondary N) is 1. The number of thiophene rings is 1. The first-order valence-corrected chi connectivity index (χ1v) is 8.83. The maximum absolute atomic E-state index is 12.0. The summed E-state index contributed by atoms with van der Waals surface area (Å²) in [6, 6.07) is 1.97. The average molecular weight is 333 g/mol. The second-order valence-corrected chi connectivity index (χ2v) is 6.85. The Morgan fingerprint density at radius 3 is 3.00 bits per heavy atom. The highest BCUT2D eigenvalue weighted by molar-refractivity contribution is 7.08. The molecule has 23 heavy (non-hydrogen) atoms. The summed E-state index contributed by atoms with van der Waals surface area (Å²) in [5, 5.41) is 14.9. The van der Waals surface area contributed by atoms with E-state index >= 15 is 0 Å². The zero-order chi connectivity index (χ0) is 15.6. The zero-order valence-electron chi connectivity index (χ0n) is 12.7. The summed E-state index contributed by atoms with van der Waals surface area (Å²) >= 11 is 1.60. The highest BCUT2D eigenvalue weighted by Crippen LogP contribution is 2.29. The van der Waals surface area contributed by atoms with Gasteiger partial charge in [0.15, 0.2) is 0 Å². The minimum Gasteiger partial charge on any atom is -0.445 e. The van der Waals surface area contributed by atoms with E-state index in [4.69, 9.17) is 4.74 Å². The Hall–Kier alpha value is -1.93. The van der Waals surface area contributed by atoms with Crippen molar-refractivity contribution in [2.75, 3.05) is 19.6 Å². The van der Waals surface area contributed by atoms with Gasteiger partial charge in [0.05, 0.1) is 18.4 Å². The van der Waals surface area contributed by atoms with Crippen LogP contribution >= 0.6 is 11.3 Å². The van der Waals surface area contributed by atoms with E-state index in [1.807, 2.05) is 23.0 Å². The molecule has 1 atom stereocenters. The van der Waals surface area contributed by atoms with Crippen molar-refractivity contribution in [2.24, 2.45) is 5.92 Å². The lowest BCUT2D eigenvalue weighted by molar-refractivity contribution is -0.0332. The Balaban J connectivity index is 1.28. The molecule has 2 bridgehead atoms. The molecule has 1 amide bonds. The van der Waals surface area contributed by atoms with Crippen LogP contribution in [0.1, 0.15) is 18.5 Å². The normalized spacial score (nSPS) is 26.2. The third-order valence-electron chi connectivity index (χ3n) is 4.58. The van der Waals surface area contributed by atoms with Gasteiger partial charge < -0.3 is 10.1 Å². The van der Waals surface area contributed by atoms with E-state index in [2.05, 4.69) is 20.5 Å². The number of carbonyl (C=O) groups excluding carboxylic acids is 1. The second-order valence-electron chi connectivity index (χ2n) is 6.07. The van der Waals surface area contributed by atoms with Gasteiger partial charge in [-0.2, -0.15) is 11.3 Å². The van der Waals surface area contributed by atoms with Gasteiger partial charge in [-0.1, -0.05) is 5.21 Å². The van der Waals surface area contributed by atoms with Crippen LogP contribution < -0.4 is 5.32 Å². The van der Waals surface area contributed by atoms with Gasteiger partial charge in [-0.05, 0) is 43.3 Å². The highest BCUT2D eigenvalue weighted by Gasteiger charge is 2.36. The molecule has 122 valence electrons. The molecule has 5 rings (SSSR count). The molecule has 0 spiro atoms. The molecule has 0 aromatic carbocycles. The van der Waals surface area contributed by atoms with Crippen LogP contribution in [0.2, 0.25) is 0 Å². The molecule has 2 aromatic heterocycles. The van der Waals surface area contributed by atoms with E-state index in [1.165, 1.54) is 0 Å². The van der Waals surface area contributed by atoms with Crippen LogP contribution in [0.25, 0.3) is 5.69 Å². The van der Waals surface area contributed by atoms with E-state index in [-0.39, 0.29) is 12.2 Å². The summed E-state index contributed by atoms with van der Waals surface area (Å²) in [5.74, 6) is 0.519. The van der Waals surface area contributed by atoms with Crippen LogP contribution in [0.4, 0.5) is 4.79 Å². The Bertz CT molecular complexity index is 663. The molecule has 8 heteroatoms. The highest BCUT2D eigenvalue weighted by atomic mass is 32.1. The molecule has 7 nitrogen and oxygen atoms in total. The Kier molecular flexibility index (Phi) is 4.00. The fraction of sp³-hybridized carbons (Fsp3) is 0.533. The van der Waals surface area contributed by atoms with Crippen molar-refractivity contribution in [3.05, 3.63) is 28.7 Å². The maximum Gasteiger partial charge on any atom is 0.407 e. The molecule has 1 unspecified atom stereocenters. The van der Waals surface area contributed by atoms with Gasteiger partial charge in [0.2, 0.25) is 0 Å². The van der Waals surface area contributed by atoms with Gasteiger partial charge in [-0.3, -0.25) is 4.90 Å². The van der Waals surface area contributed by atoms with E-state index in [0.29, 0.717) is 18.2 Å². The number of fused-ring (bicyclic) bond motifs is 3. The topological polar surface area (TPSA) is 72.3 Å². The maximum atomic E-state index is 12.0. The minimum atomic E-state index is -0.367. The van der Waals surface area contributed by atoms with E-state index in [9.17, 15) is 4.79 Å². The Morgan fingerprint density at radius 2 is 2.30 bits per heavy atom. The van der Waals surface area contributed by atoms with Crippen molar-refractivity contribution in [3.8, 4) is 5.69 Å². The number of piperidine rings is 3. The van der Waals surface area contributed by atoms with Gasteiger partial charge in [0.25, 0.3) is 0 Å². The van der Waals surface area contributed by atoms with Crippen LogP contribution in [-0.2, 0) is 11.3 Å². The molecular weight excluding hydrogens is 314 g/mol. The van der Waals surface area contributed by atoms with E-state index < -0.39 is 0 Å². The number of carbonyl (C=O) groups is 1. The van der Waals surface area contributed by atoms with Crippen LogP contribution in [0.5, 0.6) is 0 Å². The molecule has 0 aliphatic carbocycles. The standard InChI is InChI=1S/C15H19N5O2S/c21-15(22-14-9-19-4-1-11(14)2-5-19)16-7-12-8-20(18-17-12)13-3-6-23-10-13/h3,6,8,10-11,14H,1-2,4-5,7,9H2,(H,16,21). The summed E-state index contributed by atoms with van der Waals surface area (Å²) < 4.78 is 7.28. The van der Waals surface area contributed by atoms with Crippen molar-refractivity contribution in [3.63, 3.8) is 0 Å². The smallest absolute Gasteiger partial charge is 0.407 e. The van der Waals surface area contributed by atoms with E-state index in [0.717, 1.165) is 38.2 Å². The van der Waals surface area contributed by atoms with Crippen LogP contribution in [0.15, 0.2) is 23.0 Å². The third-order valence-corrected chi connectivity index (χ3v) is 5.25. The second kappa shape index (κ2) is 6.29. The number of alkyl carbamates (subject to hydrolysis) is 1. The number of rotatable bonds is 4. The van der Waals surface area contributed by atoms with Crippen molar-refractivity contribution < 1.29 is 9.53 Å². The summed E-state index contributed by atoms with van der Waals surface area (Å²) in [5.41, 5.74) is 1.69.